The highest BCUT2D eigenvalue weighted by atomic mass is 79.9. The quantitative estimate of drug-likeness (QED) is 0.900. The number of rotatable bonds is 4. The molecule has 0 spiro atoms. The van der Waals surface area contributed by atoms with Crippen LogP contribution in [0.3, 0.4) is 0 Å². The lowest BCUT2D eigenvalue weighted by molar-refractivity contribution is 0.0914. The molecule has 1 amide bonds. The van der Waals surface area contributed by atoms with E-state index in [2.05, 4.69) is 21.2 Å². The van der Waals surface area contributed by atoms with Crippen molar-refractivity contribution < 1.29 is 14.3 Å². The van der Waals surface area contributed by atoms with Gasteiger partial charge in [0.05, 0.1) is 17.9 Å². The van der Waals surface area contributed by atoms with Gasteiger partial charge in [0, 0.05) is 6.54 Å². The van der Waals surface area contributed by atoms with Crippen LogP contribution in [0, 0.1) is 13.8 Å². The van der Waals surface area contributed by atoms with Crippen molar-refractivity contribution in [2.75, 3.05) is 6.54 Å². The number of carbonyl (C=O) groups excluding carboxylic acids is 1. The maximum atomic E-state index is 11.9. The molecule has 2 N–H and O–H groups in total. The van der Waals surface area contributed by atoms with Crippen molar-refractivity contribution in [1.82, 2.24) is 5.32 Å². The minimum atomic E-state index is -0.733. The van der Waals surface area contributed by atoms with E-state index in [0.29, 0.717) is 10.2 Å². The predicted molar refractivity (Wildman–Crippen MR) is 79.6 cm³/mol. The Kier molecular flexibility index (Phi) is 4.62. The zero-order valence-electron chi connectivity index (χ0n) is 11.3. The van der Waals surface area contributed by atoms with E-state index in [1.54, 1.807) is 6.07 Å². The zero-order chi connectivity index (χ0) is 14.7. The fraction of sp³-hybridized carbons (Fsp3) is 0.267. The third kappa shape index (κ3) is 3.49. The van der Waals surface area contributed by atoms with Crippen molar-refractivity contribution >= 4 is 21.8 Å². The van der Waals surface area contributed by atoms with Crippen LogP contribution in [0.1, 0.15) is 33.2 Å². The third-order valence-corrected chi connectivity index (χ3v) is 3.56. The first-order valence-corrected chi connectivity index (χ1v) is 7.04. The summed E-state index contributed by atoms with van der Waals surface area (Å²) in [7, 11) is 0. The molecule has 0 saturated carbocycles. The van der Waals surface area contributed by atoms with Crippen molar-refractivity contribution in [2.24, 2.45) is 0 Å². The lowest BCUT2D eigenvalue weighted by atomic mass is 10.0. The minimum Gasteiger partial charge on any atom is -0.457 e. The smallest absolute Gasteiger partial charge is 0.255 e. The Bertz CT molecular complexity index is 601. The number of hydrogen-bond donors (Lipinski definition) is 2. The number of benzene rings is 1. The number of halogens is 1. The predicted octanol–water partition coefficient (Wildman–Crippen LogP) is 3.12. The highest BCUT2D eigenvalue weighted by Crippen LogP contribution is 2.19. The van der Waals surface area contributed by atoms with E-state index in [-0.39, 0.29) is 12.5 Å². The van der Waals surface area contributed by atoms with Crippen LogP contribution in [-0.4, -0.2) is 17.6 Å². The number of carbonyl (C=O) groups is 1. The van der Waals surface area contributed by atoms with Crippen LogP contribution in [0.25, 0.3) is 0 Å². The van der Waals surface area contributed by atoms with E-state index < -0.39 is 6.10 Å². The second-order valence-electron chi connectivity index (χ2n) is 4.75. The van der Waals surface area contributed by atoms with Crippen LogP contribution in [0.5, 0.6) is 0 Å². The Morgan fingerprint density at radius 3 is 2.55 bits per heavy atom. The number of amides is 1. The van der Waals surface area contributed by atoms with E-state index in [9.17, 15) is 9.90 Å². The maximum absolute atomic E-state index is 11.9. The molecule has 0 aliphatic heterocycles. The second-order valence-corrected chi connectivity index (χ2v) is 5.48. The van der Waals surface area contributed by atoms with Crippen molar-refractivity contribution in [3.05, 3.63) is 57.5 Å². The summed E-state index contributed by atoms with van der Waals surface area (Å²) in [5.74, 6) is -0.283. The van der Waals surface area contributed by atoms with Crippen molar-refractivity contribution in [3.63, 3.8) is 0 Å². The first kappa shape index (κ1) is 14.8. The van der Waals surface area contributed by atoms with Crippen LogP contribution in [0.2, 0.25) is 0 Å². The largest absolute Gasteiger partial charge is 0.457 e. The highest BCUT2D eigenvalue weighted by Gasteiger charge is 2.15. The first-order valence-electron chi connectivity index (χ1n) is 6.25. The summed E-state index contributed by atoms with van der Waals surface area (Å²) in [6, 6.07) is 7.44. The van der Waals surface area contributed by atoms with Gasteiger partial charge in [-0.25, -0.2) is 0 Å². The van der Waals surface area contributed by atoms with E-state index >= 15 is 0 Å². The summed E-state index contributed by atoms with van der Waals surface area (Å²) >= 11 is 3.15. The van der Waals surface area contributed by atoms with Crippen molar-refractivity contribution in [2.45, 2.75) is 20.0 Å². The second kappa shape index (κ2) is 6.24. The van der Waals surface area contributed by atoms with Crippen molar-refractivity contribution in [3.8, 4) is 0 Å². The lowest BCUT2D eigenvalue weighted by Gasteiger charge is -2.13. The van der Waals surface area contributed by atoms with Gasteiger partial charge in [-0.2, -0.15) is 0 Å². The molecule has 5 heteroatoms. The molecule has 2 aromatic rings. The third-order valence-electron chi connectivity index (χ3n) is 2.95. The molecule has 0 radical (unpaired) electrons. The lowest BCUT2D eigenvalue weighted by Crippen LogP contribution is -2.28. The molecule has 106 valence electrons. The molecule has 20 heavy (non-hydrogen) atoms. The molecule has 1 heterocycles. The Hall–Kier alpha value is -1.59. The molecule has 1 aromatic heterocycles. The molecule has 4 nitrogen and oxygen atoms in total. The van der Waals surface area contributed by atoms with Crippen LogP contribution in [0.4, 0.5) is 0 Å². The molecule has 0 bridgehead atoms. The summed E-state index contributed by atoms with van der Waals surface area (Å²) in [5.41, 5.74) is 3.39. The number of nitrogens with one attached hydrogen (secondary N) is 1. The summed E-state index contributed by atoms with van der Waals surface area (Å²) in [6.45, 7) is 4.11. The van der Waals surface area contributed by atoms with Crippen LogP contribution in [-0.2, 0) is 0 Å². The number of hydrogen-bond acceptors (Lipinski definition) is 3. The van der Waals surface area contributed by atoms with Crippen molar-refractivity contribution in [1.29, 1.82) is 0 Å². The average molecular weight is 338 g/mol. The van der Waals surface area contributed by atoms with E-state index in [1.165, 1.54) is 6.26 Å². The summed E-state index contributed by atoms with van der Waals surface area (Å²) in [6.07, 6.45) is 0.697. The van der Waals surface area contributed by atoms with Crippen LogP contribution < -0.4 is 5.32 Å². The summed E-state index contributed by atoms with van der Waals surface area (Å²) < 4.78 is 5.39. The first-order chi connectivity index (χ1) is 9.47. The molecule has 0 unspecified atom stereocenters. The molecule has 0 aliphatic rings. The zero-order valence-corrected chi connectivity index (χ0v) is 12.9. The van der Waals surface area contributed by atoms with Gasteiger partial charge in [-0.3, -0.25) is 4.79 Å². The van der Waals surface area contributed by atoms with Gasteiger partial charge in [0.25, 0.3) is 5.91 Å². The SMILES string of the molecule is Cc1cc(C)cc([C@H](O)CNC(=O)c2ccoc2Br)c1. The molecule has 1 atom stereocenters. The van der Waals surface area contributed by atoms with Gasteiger partial charge < -0.3 is 14.8 Å². The van der Waals surface area contributed by atoms with Crippen LogP contribution >= 0.6 is 15.9 Å². The van der Waals surface area contributed by atoms with Crippen LogP contribution in [0.15, 0.2) is 39.6 Å². The average Bonchev–Trinajstić information content (AvgIpc) is 2.80. The molecular weight excluding hydrogens is 322 g/mol. The number of aliphatic hydroxyl groups excluding tert-OH is 1. The van der Waals surface area contributed by atoms with Gasteiger partial charge in [-0.05, 0) is 41.4 Å². The van der Waals surface area contributed by atoms with Gasteiger partial charge in [0.2, 0.25) is 0 Å². The molecule has 2 rings (SSSR count). The van der Waals surface area contributed by atoms with Gasteiger partial charge in [0.15, 0.2) is 4.67 Å². The fourth-order valence-electron chi connectivity index (χ4n) is 2.06. The van der Waals surface area contributed by atoms with Gasteiger partial charge >= 0.3 is 0 Å². The van der Waals surface area contributed by atoms with E-state index in [4.69, 9.17) is 4.42 Å². The standard InChI is InChI=1S/C15H16BrNO3/c1-9-5-10(2)7-11(6-9)13(18)8-17-15(19)12-3-4-20-14(12)16/h3-7,13,18H,8H2,1-2H3,(H,17,19)/t13-/m1/s1. The Morgan fingerprint density at radius 1 is 1.35 bits per heavy atom. The summed E-state index contributed by atoms with van der Waals surface area (Å²) in [4.78, 5) is 11.9. The van der Waals surface area contributed by atoms with E-state index in [1.807, 2.05) is 32.0 Å². The fourth-order valence-corrected chi connectivity index (χ4v) is 2.48. The molecule has 0 saturated heterocycles. The van der Waals surface area contributed by atoms with E-state index in [0.717, 1.165) is 16.7 Å². The Morgan fingerprint density at radius 2 is 2.00 bits per heavy atom. The number of furan rings is 1. The Balaban J connectivity index is 2.00. The maximum Gasteiger partial charge on any atom is 0.255 e. The molecule has 0 fully saturated rings. The number of aryl methyl sites for hydroxylation is 2. The summed E-state index contributed by atoms with van der Waals surface area (Å²) in [5, 5.41) is 12.8. The molecule has 0 aliphatic carbocycles. The number of aliphatic hydroxyl groups is 1. The topological polar surface area (TPSA) is 62.5 Å². The highest BCUT2D eigenvalue weighted by molar-refractivity contribution is 9.10. The van der Waals surface area contributed by atoms with Gasteiger partial charge in [0.1, 0.15) is 0 Å². The molecule has 1 aromatic carbocycles. The molecular formula is C15H16BrNO3. The monoisotopic (exact) mass is 337 g/mol. The normalized spacial score (nSPS) is 12.2. The minimum absolute atomic E-state index is 0.152. The Labute approximate surface area is 125 Å². The van der Waals surface area contributed by atoms with Gasteiger partial charge in [-0.1, -0.05) is 29.3 Å². The van der Waals surface area contributed by atoms with Gasteiger partial charge in [-0.15, -0.1) is 0 Å².